The van der Waals surface area contributed by atoms with E-state index in [1.165, 1.54) is 26.2 Å². The van der Waals surface area contributed by atoms with Gasteiger partial charge in [0.05, 0.1) is 13.1 Å². The minimum atomic E-state index is -4.44. The molecule has 0 saturated carbocycles. The maximum Gasteiger partial charge on any atom is 0.273 e. The molecule has 0 fully saturated rings. The summed E-state index contributed by atoms with van der Waals surface area (Å²) in [4.78, 5) is -1.10. The normalized spacial score (nSPS) is 13.5. The smallest absolute Gasteiger partial charge is 0.273 e. The minimum Gasteiger partial charge on any atom is -0.325 e. The van der Waals surface area contributed by atoms with Gasteiger partial charge in [0.1, 0.15) is 9.79 Å². The monoisotopic (exact) mass is 357 g/mol. The van der Waals surface area contributed by atoms with E-state index in [9.17, 15) is 25.6 Å². The predicted molar refractivity (Wildman–Crippen MR) is 76.5 cm³/mol. The Morgan fingerprint density at radius 3 is 2.09 bits per heavy atom. The molecule has 0 aliphatic carbocycles. The predicted octanol–water partition coefficient (Wildman–Crippen LogP) is -0.191. The number of halogens is 2. The Morgan fingerprint density at radius 2 is 1.64 bits per heavy atom. The highest BCUT2D eigenvalue weighted by Crippen LogP contribution is 2.23. The van der Waals surface area contributed by atoms with Crippen LogP contribution in [0.1, 0.15) is 0 Å². The summed E-state index contributed by atoms with van der Waals surface area (Å²) in [7, 11) is -6.03. The van der Waals surface area contributed by atoms with Gasteiger partial charge in [-0.05, 0) is 12.1 Å². The highest BCUT2D eigenvalue weighted by Gasteiger charge is 2.32. The van der Waals surface area contributed by atoms with Crippen molar-refractivity contribution in [1.29, 1.82) is 0 Å². The SMILES string of the molecule is CN(C)S(=O)(=O)c1ccccc1S(=O)(=O)NCC(F)(F)CN. The van der Waals surface area contributed by atoms with Crippen molar-refractivity contribution in [1.82, 2.24) is 9.03 Å². The molecule has 11 heteroatoms. The summed E-state index contributed by atoms with van der Waals surface area (Å²) in [6.45, 7) is -2.25. The standard InChI is InChI=1S/C11H17F2N3O4S2/c1-16(2)22(19,20)10-6-4-3-5-9(10)21(17,18)15-8-11(12,13)7-14/h3-6,15H,7-8,14H2,1-2H3. The number of nitrogens with one attached hydrogen (secondary N) is 1. The summed E-state index contributed by atoms with van der Waals surface area (Å²) in [6.07, 6.45) is 0. The van der Waals surface area contributed by atoms with E-state index in [2.05, 4.69) is 0 Å². The second-order valence-electron chi connectivity index (χ2n) is 4.62. The van der Waals surface area contributed by atoms with Crippen molar-refractivity contribution >= 4 is 20.0 Å². The summed E-state index contributed by atoms with van der Waals surface area (Å²) in [5.74, 6) is -3.43. The molecule has 0 atom stereocenters. The molecule has 7 nitrogen and oxygen atoms in total. The first-order valence-corrected chi connectivity index (χ1v) is 8.95. The third-order valence-corrected chi connectivity index (χ3v) is 6.18. The van der Waals surface area contributed by atoms with Crippen LogP contribution in [0.5, 0.6) is 0 Å². The van der Waals surface area contributed by atoms with Crippen LogP contribution < -0.4 is 10.5 Å². The fourth-order valence-corrected chi connectivity index (χ4v) is 4.19. The number of nitrogens with two attached hydrogens (primary N) is 1. The van der Waals surface area contributed by atoms with E-state index in [0.717, 1.165) is 16.4 Å². The van der Waals surface area contributed by atoms with Gasteiger partial charge in [-0.3, -0.25) is 0 Å². The fraction of sp³-hybridized carbons (Fsp3) is 0.455. The quantitative estimate of drug-likeness (QED) is 0.703. The number of alkyl halides is 2. The number of sulfonamides is 2. The van der Waals surface area contributed by atoms with Crippen LogP contribution in [-0.4, -0.2) is 54.2 Å². The molecular weight excluding hydrogens is 340 g/mol. The first kappa shape index (κ1) is 18.9. The first-order valence-electron chi connectivity index (χ1n) is 6.03. The Labute approximate surface area is 128 Å². The molecule has 22 heavy (non-hydrogen) atoms. The summed E-state index contributed by atoms with van der Waals surface area (Å²) in [5, 5.41) is 0. The molecule has 0 aromatic heterocycles. The maximum atomic E-state index is 13.1. The van der Waals surface area contributed by atoms with E-state index in [0.29, 0.717) is 0 Å². The third kappa shape index (κ3) is 4.20. The molecule has 0 bridgehead atoms. The van der Waals surface area contributed by atoms with E-state index in [1.54, 1.807) is 4.72 Å². The number of benzene rings is 1. The van der Waals surface area contributed by atoms with Crippen molar-refractivity contribution in [2.75, 3.05) is 27.2 Å². The van der Waals surface area contributed by atoms with Crippen LogP contribution in [0.4, 0.5) is 8.78 Å². The van der Waals surface area contributed by atoms with Crippen LogP contribution in [0.2, 0.25) is 0 Å². The second-order valence-corrected chi connectivity index (χ2v) is 8.47. The number of nitrogens with zero attached hydrogens (tertiary/aromatic N) is 1. The molecule has 0 aliphatic rings. The summed E-state index contributed by atoms with van der Waals surface area (Å²) >= 11 is 0. The van der Waals surface area contributed by atoms with Crippen molar-refractivity contribution in [2.24, 2.45) is 5.73 Å². The third-order valence-electron chi connectivity index (χ3n) is 2.72. The Morgan fingerprint density at radius 1 is 1.14 bits per heavy atom. The van der Waals surface area contributed by atoms with Crippen LogP contribution in [0, 0.1) is 0 Å². The van der Waals surface area contributed by atoms with Crippen molar-refractivity contribution in [3.63, 3.8) is 0 Å². The van der Waals surface area contributed by atoms with Gasteiger partial charge in [-0.2, -0.15) is 0 Å². The van der Waals surface area contributed by atoms with E-state index < -0.39 is 48.8 Å². The Balaban J connectivity index is 3.28. The highest BCUT2D eigenvalue weighted by atomic mass is 32.2. The largest absolute Gasteiger partial charge is 0.325 e. The lowest BCUT2D eigenvalue weighted by atomic mass is 10.3. The second kappa shape index (κ2) is 6.54. The average molecular weight is 357 g/mol. The van der Waals surface area contributed by atoms with E-state index in [4.69, 9.17) is 5.73 Å². The molecule has 3 N–H and O–H groups in total. The molecule has 0 saturated heterocycles. The van der Waals surface area contributed by atoms with Gasteiger partial charge in [0, 0.05) is 14.1 Å². The first-order chi connectivity index (χ1) is 9.94. The van der Waals surface area contributed by atoms with Gasteiger partial charge >= 0.3 is 0 Å². The lowest BCUT2D eigenvalue weighted by molar-refractivity contribution is 0.0170. The van der Waals surface area contributed by atoms with E-state index in [1.807, 2.05) is 0 Å². The van der Waals surface area contributed by atoms with Crippen LogP contribution in [0.15, 0.2) is 34.1 Å². The number of rotatable bonds is 7. The van der Waals surface area contributed by atoms with E-state index >= 15 is 0 Å². The zero-order valence-electron chi connectivity index (χ0n) is 12.0. The molecule has 126 valence electrons. The van der Waals surface area contributed by atoms with Gasteiger partial charge in [-0.1, -0.05) is 12.1 Å². The fourth-order valence-electron chi connectivity index (χ4n) is 1.43. The average Bonchev–Trinajstić information content (AvgIpc) is 2.45. The molecule has 0 unspecified atom stereocenters. The van der Waals surface area contributed by atoms with Crippen LogP contribution in [0.25, 0.3) is 0 Å². The maximum absolute atomic E-state index is 13.1. The van der Waals surface area contributed by atoms with Crippen molar-refractivity contribution in [3.05, 3.63) is 24.3 Å². The Hall–Kier alpha value is -1.14. The molecule has 0 radical (unpaired) electrons. The molecule has 1 aromatic rings. The molecular formula is C11H17F2N3O4S2. The van der Waals surface area contributed by atoms with Crippen molar-refractivity contribution in [2.45, 2.75) is 15.7 Å². The molecule has 0 amide bonds. The van der Waals surface area contributed by atoms with Gasteiger partial charge in [0.2, 0.25) is 20.0 Å². The van der Waals surface area contributed by atoms with Gasteiger partial charge in [0.25, 0.3) is 5.92 Å². The summed E-state index contributed by atoms with van der Waals surface area (Å²) in [5.41, 5.74) is 4.83. The minimum absolute atomic E-state index is 0.497. The Bertz CT molecular complexity index is 733. The summed E-state index contributed by atoms with van der Waals surface area (Å²) < 4.78 is 77.2. The van der Waals surface area contributed by atoms with Gasteiger partial charge in [-0.25, -0.2) is 34.6 Å². The van der Waals surface area contributed by atoms with Crippen molar-refractivity contribution < 1.29 is 25.6 Å². The van der Waals surface area contributed by atoms with Gasteiger partial charge in [-0.15, -0.1) is 0 Å². The van der Waals surface area contributed by atoms with Crippen LogP contribution >= 0.6 is 0 Å². The van der Waals surface area contributed by atoms with E-state index in [-0.39, 0.29) is 0 Å². The van der Waals surface area contributed by atoms with Gasteiger partial charge in [0.15, 0.2) is 0 Å². The number of hydrogen-bond donors (Lipinski definition) is 2. The topological polar surface area (TPSA) is 110 Å². The molecule has 0 spiro atoms. The Kier molecular flexibility index (Phi) is 5.62. The van der Waals surface area contributed by atoms with Crippen LogP contribution in [-0.2, 0) is 20.0 Å². The van der Waals surface area contributed by atoms with Crippen LogP contribution in [0.3, 0.4) is 0 Å². The van der Waals surface area contributed by atoms with Gasteiger partial charge < -0.3 is 5.73 Å². The lowest BCUT2D eigenvalue weighted by Gasteiger charge is -2.17. The zero-order valence-corrected chi connectivity index (χ0v) is 13.6. The zero-order chi connectivity index (χ0) is 17.2. The highest BCUT2D eigenvalue weighted by molar-refractivity contribution is 7.92. The lowest BCUT2D eigenvalue weighted by Crippen LogP contribution is -2.41. The van der Waals surface area contributed by atoms with Crippen molar-refractivity contribution in [3.8, 4) is 0 Å². The molecule has 1 rings (SSSR count). The molecule has 1 aromatic carbocycles. The number of hydrogen-bond acceptors (Lipinski definition) is 5. The molecule has 0 aliphatic heterocycles. The summed E-state index contributed by atoms with van der Waals surface area (Å²) in [6, 6.07) is 4.75. The molecule has 0 heterocycles.